The van der Waals surface area contributed by atoms with Crippen LogP contribution in [0.5, 0.6) is 0 Å². The van der Waals surface area contributed by atoms with Gasteiger partial charge in [-0.05, 0) is 45.2 Å². The van der Waals surface area contributed by atoms with Gasteiger partial charge in [-0.15, -0.1) is 0 Å². The summed E-state index contributed by atoms with van der Waals surface area (Å²) in [6, 6.07) is -0.203. The Hall–Kier alpha value is -0.870. The number of carbonyl (C=O) groups excluding carboxylic acids is 1. The molecule has 0 aliphatic carbocycles. The summed E-state index contributed by atoms with van der Waals surface area (Å²) >= 11 is 0. The Morgan fingerprint density at radius 1 is 0.643 bits per heavy atom. The van der Waals surface area contributed by atoms with Crippen molar-refractivity contribution in [3.05, 3.63) is 12.2 Å². The molecule has 248 valence electrons. The largest absolute Gasteiger partial charge is 0.387 e. The van der Waals surface area contributed by atoms with Gasteiger partial charge in [0, 0.05) is 13.0 Å². The number of unbranched alkanes of at least 4 members (excludes halogenated alkanes) is 23. The highest BCUT2D eigenvalue weighted by molar-refractivity contribution is 5.76. The molecule has 4 heteroatoms. The zero-order valence-electron chi connectivity index (χ0n) is 28.5. The van der Waals surface area contributed by atoms with Gasteiger partial charge in [-0.2, -0.15) is 0 Å². The van der Waals surface area contributed by atoms with Gasteiger partial charge in [0.1, 0.15) is 0 Å². The van der Waals surface area contributed by atoms with Gasteiger partial charge in [0.25, 0.3) is 0 Å². The van der Waals surface area contributed by atoms with E-state index in [9.17, 15) is 9.90 Å². The number of likely N-dealkylation sites (tertiary alicyclic amines) is 1. The summed E-state index contributed by atoms with van der Waals surface area (Å²) in [4.78, 5) is 15.2. The number of nitrogens with one attached hydrogen (secondary N) is 1. The average molecular weight is 591 g/mol. The Kier molecular flexibility index (Phi) is 28.1. The summed E-state index contributed by atoms with van der Waals surface area (Å²) in [5, 5.41) is 14.2. The third kappa shape index (κ3) is 24.6. The lowest BCUT2D eigenvalue weighted by atomic mass is 10.0. The minimum Gasteiger partial charge on any atom is -0.387 e. The number of aliphatic hydroxyl groups is 1. The number of rotatable bonds is 31. The fraction of sp³-hybridized carbons (Fsp3) is 0.921. The van der Waals surface area contributed by atoms with Crippen LogP contribution in [0.3, 0.4) is 0 Å². The van der Waals surface area contributed by atoms with E-state index in [1.165, 1.54) is 154 Å². The Labute approximate surface area is 263 Å². The van der Waals surface area contributed by atoms with Crippen LogP contribution >= 0.6 is 0 Å². The van der Waals surface area contributed by atoms with Crippen molar-refractivity contribution in [2.45, 2.75) is 206 Å². The molecule has 1 fully saturated rings. The first-order chi connectivity index (χ1) is 20.7. The maximum Gasteiger partial charge on any atom is 0.220 e. The van der Waals surface area contributed by atoms with Gasteiger partial charge in [-0.25, -0.2) is 0 Å². The van der Waals surface area contributed by atoms with Crippen LogP contribution in [0.1, 0.15) is 194 Å². The maximum absolute atomic E-state index is 12.8. The van der Waals surface area contributed by atoms with Crippen LogP contribution in [0, 0.1) is 0 Å². The van der Waals surface area contributed by atoms with E-state index in [1.54, 1.807) is 0 Å². The van der Waals surface area contributed by atoms with Crippen LogP contribution in [0.2, 0.25) is 0 Å². The van der Waals surface area contributed by atoms with Crippen LogP contribution in [0.4, 0.5) is 0 Å². The monoisotopic (exact) mass is 591 g/mol. The van der Waals surface area contributed by atoms with Gasteiger partial charge in [0.2, 0.25) is 5.91 Å². The average Bonchev–Trinajstić information content (AvgIpc) is 3.50. The molecule has 2 atom stereocenters. The summed E-state index contributed by atoms with van der Waals surface area (Å²) in [6.07, 6.45) is 39.6. The Morgan fingerprint density at radius 3 is 1.50 bits per heavy atom. The molecule has 4 nitrogen and oxygen atoms in total. The summed E-state index contributed by atoms with van der Waals surface area (Å²) in [7, 11) is 0. The van der Waals surface area contributed by atoms with Gasteiger partial charge in [-0.3, -0.25) is 4.79 Å². The van der Waals surface area contributed by atoms with Crippen molar-refractivity contribution in [2.24, 2.45) is 0 Å². The van der Waals surface area contributed by atoms with Gasteiger partial charge in [0.15, 0.2) is 0 Å². The second-order valence-electron chi connectivity index (χ2n) is 13.4. The molecule has 0 radical (unpaired) electrons. The van der Waals surface area contributed by atoms with Crippen LogP contribution in [-0.4, -0.2) is 47.7 Å². The Balaban J connectivity index is 2.14. The van der Waals surface area contributed by atoms with Crippen molar-refractivity contribution in [1.29, 1.82) is 0 Å². The summed E-state index contributed by atoms with van der Waals surface area (Å²) in [6.45, 7) is 7.49. The van der Waals surface area contributed by atoms with Crippen LogP contribution in [-0.2, 0) is 4.79 Å². The highest BCUT2D eigenvalue weighted by Gasteiger charge is 2.23. The van der Waals surface area contributed by atoms with E-state index in [2.05, 4.69) is 30.1 Å². The van der Waals surface area contributed by atoms with E-state index in [4.69, 9.17) is 0 Å². The molecule has 1 aliphatic rings. The van der Waals surface area contributed by atoms with Crippen molar-refractivity contribution < 1.29 is 9.90 Å². The number of amides is 1. The first-order valence-electron chi connectivity index (χ1n) is 19.0. The molecule has 0 unspecified atom stereocenters. The Bertz CT molecular complexity index is 602. The first kappa shape index (κ1) is 39.2. The van der Waals surface area contributed by atoms with Crippen molar-refractivity contribution in [3.8, 4) is 0 Å². The zero-order chi connectivity index (χ0) is 30.4. The van der Waals surface area contributed by atoms with E-state index >= 15 is 0 Å². The number of allylic oxidation sites excluding steroid dienone is 1. The lowest BCUT2D eigenvalue weighted by molar-refractivity contribution is -0.122. The van der Waals surface area contributed by atoms with Gasteiger partial charge in [0.05, 0.1) is 12.1 Å². The summed E-state index contributed by atoms with van der Waals surface area (Å²) < 4.78 is 0. The molecule has 1 saturated heterocycles. The van der Waals surface area contributed by atoms with Crippen molar-refractivity contribution >= 4 is 5.91 Å². The predicted octanol–water partition coefficient (Wildman–Crippen LogP) is 10.7. The Morgan fingerprint density at radius 2 is 1.05 bits per heavy atom. The summed E-state index contributed by atoms with van der Waals surface area (Å²) in [5.74, 6) is 0.111. The molecule has 42 heavy (non-hydrogen) atoms. The molecule has 0 spiro atoms. The van der Waals surface area contributed by atoms with Crippen LogP contribution in [0.25, 0.3) is 0 Å². The molecule has 0 aromatic heterocycles. The molecular formula is C38H74N2O2. The van der Waals surface area contributed by atoms with Crippen molar-refractivity contribution in [1.82, 2.24) is 10.2 Å². The minimum atomic E-state index is -0.603. The fourth-order valence-electron chi connectivity index (χ4n) is 6.36. The molecule has 1 heterocycles. The third-order valence-corrected chi connectivity index (χ3v) is 9.23. The smallest absolute Gasteiger partial charge is 0.220 e. The third-order valence-electron chi connectivity index (χ3n) is 9.23. The van der Waals surface area contributed by atoms with Crippen molar-refractivity contribution in [3.63, 3.8) is 0 Å². The van der Waals surface area contributed by atoms with E-state index in [-0.39, 0.29) is 11.9 Å². The quantitative estimate of drug-likeness (QED) is 0.0624. The number of hydrogen-bond acceptors (Lipinski definition) is 3. The van der Waals surface area contributed by atoms with E-state index < -0.39 is 6.10 Å². The van der Waals surface area contributed by atoms with E-state index in [0.717, 1.165) is 38.9 Å². The number of carbonyl (C=O) groups is 1. The standard InChI is InChI=1S/C38H74N2O2/c1-3-5-7-9-11-13-15-17-19-21-23-25-27-31-37(41)36(35-40-33-29-30-34-40)39-38(42)32-28-26-24-22-20-18-16-14-12-10-8-6-4-2/h27,31,36-37,41H,3-26,28-30,32-35H2,1-2H3,(H,39,42)/b31-27+/t36-,37+/m1/s1. The molecule has 0 aromatic rings. The second kappa shape index (κ2) is 30.2. The molecular weight excluding hydrogens is 516 g/mol. The minimum absolute atomic E-state index is 0.111. The normalized spacial score (nSPS) is 15.5. The van der Waals surface area contributed by atoms with E-state index in [1.807, 2.05) is 6.08 Å². The fourth-order valence-corrected chi connectivity index (χ4v) is 6.36. The van der Waals surface area contributed by atoms with Gasteiger partial charge < -0.3 is 15.3 Å². The van der Waals surface area contributed by atoms with Crippen LogP contribution in [0.15, 0.2) is 12.2 Å². The van der Waals surface area contributed by atoms with Gasteiger partial charge in [-0.1, -0.05) is 167 Å². The van der Waals surface area contributed by atoms with Crippen LogP contribution < -0.4 is 5.32 Å². The van der Waals surface area contributed by atoms with E-state index in [0.29, 0.717) is 6.42 Å². The predicted molar refractivity (Wildman–Crippen MR) is 184 cm³/mol. The highest BCUT2D eigenvalue weighted by atomic mass is 16.3. The molecule has 1 amide bonds. The zero-order valence-corrected chi connectivity index (χ0v) is 28.5. The number of aliphatic hydroxyl groups excluding tert-OH is 1. The molecule has 2 N–H and O–H groups in total. The SMILES string of the molecule is CCCCCCCCCCCCC/C=C/[C@H](O)[C@@H](CN1CCCC1)NC(=O)CCCCCCCCCCCCCCC. The molecule has 0 bridgehead atoms. The first-order valence-corrected chi connectivity index (χ1v) is 19.0. The molecule has 1 rings (SSSR count). The lowest BCUT2D eigenvalue weighted by Gasteiger charge is -2.27. The highest BCUT2D eigenvalue weighted by Crippen LogP contribution is 2.15. The summed E-state index contributed by atoms with van der Waals surface area (Å²) in [5.41, 5.74) is 0. The second-order valence-corrected chi connectivity index (χ2v) is 13.4. The van der Waals surface area contributed by atoms with Gasteiger partial charge >= 0.3 is 0 Å². The topological polar surface area (TPSA) is 52.6 Å². The molecule has 0 saturated carbocycles. The molecule has 1 aliphatic heterocycles. The molecule has 0 aromatic carbocycles. The lowest BCUT2D eigenvalue weighted by Crippen LogP contribution is -2.49. The number of hydrogen-bond donors (Lipinski definition) is 2. The maximum atomic E-state index is 12.8. The number of nitrogens with zero attached hydrogens (tertiary/aromatic N) is 1. The van der Waals surface area contributed by atoms with Crippen molar-refractivity contribution in [2.75, 3.05) is 19.6 Å².